The summed E-state index contributed by atoms with van der Waals surface area (Å²) in [5, 5.41) is 4.42. The van der Waals surface area contributed by atoms with Gasteiger partial charge in [0.2, 0.25) is 0 Å². The summed E-state index contributed by atoms with van der Waals surface area (Å²) in [5.41, 5.74) is 7.65. The number of anilines is 1. The molecule has 0 amide bonds. The second kappa shape index (κ2) is 29.5. The molecule has 15 heteroatoms. The van der Waals surface area contributed by atoms with Gasteiger partial charge in [0.05, 0.1) is 11.4 Å². The van der Waals surface area contributed by atoms with Gasteiger partial charge in [0.25, 0.3) is 0 Å². The first-order valence-corrected chi connectivity index (χ1v) is 5.81. The van der Waals surface area contributed by atoms with Gasteiger partial charge in [-0.1, -0.05) is 13.3 Å². The number of aryl methyl sites for hydroxylation is 1. The van der Waals surface area contributed by atoms with Crippen LogP contribution in [0.2, 0.25) is 0 Å². The Bertz CT molecular complexity index is 504. The van der Waals surface area contributed by atoms with E-state index in [0.29, 0.717) is 5.82 Å². The zero-order chi connectivity index (χ0) is 12.3. The maximum absolute atomic E-state index is 12.8. The third kappa shape index (κ3) is 15.9. The Morgan fingerprint density at radius 1 is 0.821 bits per heavy atom. The summed E-state index contributed by atoms with van der Waals surface area (Å²) in [7, 11) is 0. The molecule has 0 saturated carbocycles. The Balaban J connectivity index is -0.0000000368. The van der Waals surface area contributed by atoms with E-state index in [1.165, 1.54) is 12.1 Å². The van der Waals surface area contributed by atoms with Crippen LogP contribution < -0.4 is 73.4 Å². The summed E-state index contributed by atoms with van der Waals surface area (Å²) in [6.07, 6.45) is 3.15. The molecule has 0 fully saturated rings. The van der Waals surface area contributed by atoms with Crippen LogP contribution in [0.25, 0.3) is 5.69 Å². The lowest BCUT2D eigenvalue weighted by Gasteiger charge is -2.03. The molecule has 2 aromatic rings. The van der Waals surface area contributed by atoms with Crippen molar-refractivity contribution in [1.29, 1.82) is 0 Å². The molecule has 1 aromatic carbocycles. The van der Waals surface area contributed by atoms with Gasteiger partial charge in [-0.15, -0.1) is 0 Å². The lowest BCUT2D eigenvalue weighted by atomic mass is 10.2. The van der Waals surface area contributed by atoms with E-state index < -0.39 is 0 Å². The first kappa shape index (κ1) is 63.6. The number of nitrogen functional groups attached to an aromatic ring is 1. The van der Waals surface area contributed by atoms with Crippen LogP contribution in [0.1, 0.15) is 25.5 Å². The smallest absolute Gasteiger partial charge is 0.127 e. The molecule has 0 unspecified atom stereocenters. The summed E-state index contributed by atoms with van der Waals surface area (Å²) in [6, 6.07) is 8.02. The average molecular weight is 421 g/mol. The zero-order valence-corrected chi connectivity index (χ0v) is 17.6. The quantitative estimate of drug-likeness (QED) is 0.318. The molecule has 28 heavy (non-hydrogen) atoms. The predicted molar refractivity (Wildman–Crippen MR) is 122 cm³/mol. The Kier molecular flexibility index (Phi) is 67.0. The van der Waals surface area contributed by atoms with E-state index in [-0.39, 0.29) is 73.5 Å². The molecule has 0 atom stereocenters. The van der Waals surface area contributed by atoms with Gasteiger partial charge < -0.3 is 73.4 Å². The summed E-state index contributed by atoms with van der Waals surface area (Å²) in [5.74, 6) is 0.327. The van der Waals surface area contributed by atoms with Crippen LogP contribution >= 0.6 is 0 Å². The van der Waals surface area contributed by atoms with Crippen molar-refractivity contribution in [1.82, 2.24) is 77.4 Å². The molecule has 0 aliphatic rings. The van der Waals surface area contributed by atoms with Gasteiger partial charge in [-0.05, 0) is 37.1 Å². The minimum absolute atomic E-state index is 0. The van der Waals surface area contributed by atoms with E-state index >= 15 is 0 Å². The van der Waals surface area contributed by atoms with Gasteiger partial charge in [0.15, 0.2) is 0 Å². The van der Waals surface area contributed by atoms with Crippen LogP contribution in [0, 0.1) is 5.82 Å². The minimum atomic E-state index is -0.259. The highest BCUT2D eigenvalue weighted by atomic mass is 19.1. The number of hydrogen-bond acceptors (Lipinski definition) is 13. The fourth-order valence-electron chi connectivity index (χ4n) is 1.72. The van der Waals surface area contributed by atoms with Gasteiger partial charge in [0, 0.05) is 6.07 Å². The van der Waals surface area contributed by atoms with Gasteiger partial charge in [-0.3, -0.25) is 0 Å². The predicted octanol–water partition coefficient (Wildman–Crippen LogP) is 4.72. The van der Waals surface area contributed by atoms with Crippen LogP contribution in [0.4, 0.5) is 10.2 Å². The molecule has 35 N–H and O–H groups in total. The van der Waals surface area contributed by atoms with Gasteiger partial charge in [-0.2, -0.15) is 5.10 Å². The topological polar surface area (TPSA) is 429 Å². The summed E-state index contributed by atoms with van der Waals surface area (Å²) in [6.45, 7) is 2.14. The van der Waals surface area contributed by atoms with E-state index in [1.807, 2.05) is 6.07 Å². The Morgan fingerprint density at radius 2 is 1.25 bits per heavy atom. The fraction of sp³-hybridized carbons (Fsp3) is 0.308. The lowest BCUT2D eigenvalue weighted by Crippen LogP contribution is -2.01. The standard InChI is InChI=1S/C13H16FN3.11H3N/c1-2-3-4-11-9-13(15)17(16-11)12-7-5-10(14)6-8-12;;;;;;;;;;;/h5-9H,2-4,15H2,1H3;11*1H3. The van der Waals surface area contributed by atoms with Gasteiger partial charge in [-0.25, -0.2) is 9.07 Å². The van der Waals surface area contributed by atoms with E-state index in [1.54, 1.807) is 16.8 Å². The molecule has 1 aromatic heterocycles. The number of aromatic nitrogens is 2. The number of hydrogen-bond donors (Lipinski definition) is 12. The molecular weight excluding hydrogens is 371 g/mol. The maximum atomic E-state index is 12.8. The van der Waals surface area contributed by atoms with Crippen molar-refractivity contribution >= 4 is 5.82 Å². The van der Waals surface area contributed by atoms with Crippen LogP contribution in [0.5, 0.6) is 0 Å². The van der Waals surface area contributed by atoms with Gasteiger partial charge >= 0.3 is 0 Å². The third-order valence-corrected chi connectivity index (χ3v) is 2.65. The van der Waals surface area contributed by atoms with Crippen LogP contribution in [0.3, 0.4) is 0 Å². The van der Waals surface area contributed by atoms with E-state index in [0.717, 1.165) is 30.6 Å². The van der Waals surface area contributed by atoms with E-state index in [9.17, 15) is 4.39 Å². The zero-order valence-electron chi connectivity index (χ0n) is 17.6. The number of nitrogens with two attached hydrogens (primary N) is 1. The highest BCUT2D eigenvalue weighted by Gasteiger charge is 2.06. The Morgan fingerprint density at radius 3 is 1.64 bits per heavy atom. The molecule has 0 spiro atoms. The molecule has 2 rings (SSSR count). The molecule has 0 radical (unpaired) electrons. The highest BCUT2D eigenvalue weighted by Crippen LogP contribution is 2.16. The molecule has 1 heterocycles. The molecule has 0 saturated heterocycles. The Hall–Kier alpha value is -2.28. The SMILES string of the molecule is CCCCc1cc(N)n(-c2ccc(F)cc2)n1.N.N.N.N.N.N.N.N.N.N.N. The highest BCUT2D eigenvalue weighted by molar-refractivity contribution is 5.42. The molecule has 0 aliphatic heterocycles. The van der Waals surface area contributed by atoms with Crippen molar-refractivity contribution < 1.29 is 4.39 Å². The normalized spacial score (nSPS) is 6.50. The van der Waals surface area contributed by atoms with E-state index in [2.05, 4.69) is 12.0 Å². The summed E-state index contributed by atoms with van der Waals surface area (Å²) >= 11 is 0. The molecule has 0 aliphatic carbocycles. The fourth-order valence-corrected chi connectivity index (χ4v) is 1.72. The molecular formula is C13H49FN14. The first-order valence-electron chi connectivity index (χ1n) is 5.81. The van der Waals surface area contributed by atoms with Crippen molar-refractivity contribution in [3.63, 3.8) is 0 Å². The third-order valence-electron chi connectivity index (χ3n) is 2.65. The van der Waals surface area contributed by atoms with Crippen molar-refractivity contribution in [3.8, 4) is 5.69 Å². The van der Waals surface area contributed by atoms with Crippen LogP contribution in [-0.2, 0) is 6.42 Å². The minimum Gasteiger partial charge on any atom is -0.384 e. The van der Waals surface area contributed by atoms with Crippen molar-refractivity contribution in [2.75, 3.05) is 5.73 Å². The molecule has 178 valence electrons. The number of unbranched alkanes of at least 4 members (excludes halogenated alkanes) is 1. The summed E-state index contributed by atoms with van der Waals surface area (Å²) in [4.78, 5) is 0. The number of rotatable bonds is 4. The number of halogens is 1. The average Bonchev–Trinajstić information content (AvgIpc) is 2.69. The number of benzene rings is 1. The monoisotopic (exact) mass is 420 g/mol. The van der Waals surface area contributed by atoms with Crippen LogP contribution in [0.15, 0.2) is 30.3 Å². The second-order valence-corrected chi connectivity index (χ2v) is 4.05. The van der Waals surface area contributed by atoms with Crippen molar-refractivity contribution in [3.05, 3.63) is 41.8 Å². The number of nitrogens with zero attached hydrogens (tertiary/aromatic N) is 2. The lowest BCUT2D eigenvalue weighted by molar-refractivity contribution is 0.627. The first-order chi connectivity index (χ1) is 8.20. The van der Waals surface area contributed by atoms with E-state index in [4.69, 9.17) is 5.73 Å². The van der Waals surface area contributed by atoms with Crippen molar-refractivity contribution in [2.45, 2.75) is 26.2 Å². The molecule has 14 nitrogen and oxygen atoms in total. The maximum Gasteiger partial charge on any atom is 0.127 e. The second-order valence-electron chi connectivity index (χ2n) is 4.05. The summed E-state index contributed by atoms with van der Waals surface area (Å²) < 4.78 is 14.5. The van der Waals surface area contributed by atoms with Crippen LogP contribution in [-0.4, -0.2) is 9.78 Å². The largest absolute Gasteiger partial charge is 0.384 e. The van der Waals surface area contributed by atoms with Gasteiger partial charge in [0.1, 0.15) is 11.6 Å². The Labute approximate surface area is 168 Å². The molecule has 0 bridgehead atoms. The van der Waals surface area contributed by atoms with Crippen molar-refractivity contribution in [2.24, 2.45) is 0 Å².